The Labute approximate surface area is 296 Å². The van der Waals surface area contributed by atoms with E-state index in [2.05, 4.69) is 67.0 Å². The maximum absolute atomic E-state index is 11.7. The minimum atomic E-state index is -1.04. The number of hydrogen-bond donors (Lipinski definition) is 6. The van der Waals surface area contributed by atoms with Gasteiger partial charge in [-0.05, 0) is 81.7 Å². The number of nitrogens with one attached hydrogen (secondary N) is 1. The van der Waals surface area contributed by atoms with E-state index in [0.717, 1.165) is 31.1 Å². The molecule has 1 fully saturated rings. The van der Waals surface area contributed by atoms with Crippen LogP contribution in [0.1, 0.15) is 88.5 Å². The first kappa shape index (κ1) is 43.9. The summed E-state index contributed by atoms with van der Waals surface area (Å²) in [6, 6.07) is 14.8. The van der Waals surface area contributed by atoms with Gasteiger partial charge in [0.25, 0.3) is 0 Å². The van der Waals surface area contributed by atoms with Gasteiger partial charge in [0.2, 0.25) is 7.85 Å². The molecule has 4 atom stereocenters. The largest absolute Gasteiger partial charge is 0.437 e. The minimum Gasteiger partial charge on any atom is -0.437 e. The van der Waals surface area contributed by atoms with E-state index < -0.39 is 42.9 Å². The van der Waals surface area contributed by atoms with Gasteiger partial charge in [-0.2, -0.15) is 0 Å². The van der Waals surface area contributed by atoms with Crippen molar-refractivity contribution in [3.63, 3.8) is 0 Å². The average Bonchev–Trinajstić information content (AvgIpc) is 3.42. The number of hydrogen-bond acceptors (Lipinski definition) is 8. The van der Waals surface area contributed by atoms with E-state index >= 15 is 0 Å². The molecule has 266 valence electrons. The third-order valence-electron chi connectivity index (χ3n) is 7.93. The lowest BCUT2D eigenvalue weighted by molar-refractivity contribution is -0.0300. The molecule has 0 aliphatic carbocycles. The predicted octanol–water partition coefficient (Wildman–Crippen LogP) is 3.66. The van der Waals surface area contributed by atoms with Crippen LogP contribution in [0.25, 0.3) is 0 Å². The van der Waals surface area contributed by atoms with Crippen LogP contribution in [0.2, 0.25) is 6.82 Å². The summed E-state index contributed by atoms with van der Waals surface area (Å²) in [7, 11) is 5.61. The van der Waals surface area contributed by atoms with Gasteiger partial charge in [0, 0.05) is 18.2 Å². The second-order valence-electron chi connectivity index (χ2n) is 12.4. The lowest BCUT2D eigenvalue weighted by Crippen LogP contribution is -2.51. The molecular weight excluding hydrogens is 618 g/mol. The topological polar surface area (TPSA) is 143 Å². The summed E-state index contributed by atoms with van der Waals surface area (Å²) in [4.78, 5) is 13.0. The Bertz CT molecular complexity index is 1330. The molecule has 2 aromatic rings. The standard InChI is InChI=1S/C20H26BNO3.C17H26BNO3.CH4O/c1-4-5-6-7-15-8-10-16(11-9-15)12-13-18(23)17-14-25-20(2,3)22(17)19(21)24;1-3-4-5-6-14-7-9-15(10-8-14)11-12-17(21)16(13-20)19-18(2)22;1-2/h8-11,17-18,23H,4-7,14H2,1-3H3;7-10,16-17,19-22H,3-6,13H2,1-2H3;2H,1H3/t17-,18+;16-,17+;/m11./s1. The van der Waals surface area contributed by atoms with Crippen LogP contribution in [-0.4, -0.2) is 101 Å². The Morgan fingerprint density at radius 3 is 1.82 bits per heavy atom. The second-order valence-corrected chi connectivity index (χ2v) is 12.4. The Morgan fingerprint density at radius 1 is 0.939 bits per heavy atom. The minimum absolute atomic E-state index is 0.210. The lowest BCUT2D eigenvalue weighted by Gasteiger charge is -2.34. The normalized spacial score (nSPS) is 16.2. The third kappa shape index (κ3) is 16.4. The molecule has 0 aromatic heterocycles. The van der Waals surface area contributed by atoms with Gasteiger partial charge in [0.05, 0.1) is 25.3 Å². The van der Waals surface area contributed by atoms with Crippen LogP contribution in [-0.2, 0) is 17.6 Å². The number of aliphatic hydroxyl groups is 4. The van der Waals surface area contributed by atoms with Gasteiger partial charge >= 0.3 is 7.05 Å². The molecular formula is C38H56B2N2O7. The number of ether oxygens (including phenoxy) is 1. The molecule has 1 heterocycles. The highest BCUT2D eigenvalue weighted by molar-refractivity contribution is 6.57. The van der Waals surface area contributed by atoms with E-state index in [0.29, 0.717) is 0 Å². The van der Waals surface area contributed by atoms with E-state index in [1.807, 2.05) is 24.3 Å². The maximum Gasteiger partial charge on any atom is 0.374 e. The van der Waals surface area contributed by atoms with E-state index in [4.69, 9.17) is 17.7 Å². The summed E-state index contributed by atoms with van der Waals surface area (Å²) in [6.45, 7) is 9.32. The van der Waals surface area contributed by atoms with Crippen molar-refractivity contribution >= 4 is 20.7 Å². The maximum atomic E-state index is 11.7. The van der Waals surface area contributed by atoms with Crippen LogP contribution in [0, 0.1) is 23.7 Å². The van der Waals surface area contributed by atoms with Crippen molar-refractivity contribution in [1.29, 1.82) is 0 Å². The molecule has 0 unspecified atom stereocenters. The van der Waals surface area contributed by atoms with Gasteiger partial charge in [-0.3, -0.25) is 4.79 Å². The zero-order valence-electron chi connectivity index (χ0n) is 30.2. The van der Waals surface area contributed by atoms with Crippen molar-refractivity contribution in [2.24, 2.45) is 0 Å². The van der Waals surface area contributed by atoms with Gasteiger partial charge in [0.1, 0.15) is 17.9 Å². The molecule has 9 nitrogen and oxygen atoms in total. The highest BCUT2D eigenvalue weighted by atomic mass is 16.5. The molecule has 0 bridgehead atoms. The molecule has 2 radical (unpaired) electrons. The van der Waals surface area contributed by atoms with Gasteiger partial charge in [0.15, 0.2) is 5.81 Å². The van der Waals surface area contributed by atoms with Crippen LogP contribution in [0.15, 0.2) is 48.5 Å². The molecule has 49 heavy (non-hydrogen) atoms. The molecule has 1 amide bonds. The Hall–Kier alpha value is -3.12. The zero-order chi connectivity index (χ0) is 36.8. The van der Waals surface area contributed by atoms with Crippen LogP contribution in [0.5, 0.6) is 0 Å². The van der Waals surface area contributed by atoms with Crippen molar-refractivity contribution in [3.8, 4) is 23.7 Å². The summed E-state index contributed by atoms with van der Waals surface area (Å²) in [5.74, 6) is 10.8. The van der Waals surface area contributed by atoms with Crippen molar-refractivity contribution in [2.75, 3.05) is 20.3 Å². The zero-order valence-corrected chi connectivity index (χ0v) is 30.2. The molecule has 2 aromatic carbocycles. The molecule has 1 saturated heterocycles. The van der Waals surface area contributed by atoms with Crippen LogP contribution in [0.3, 0.4) is 0 Å². The highest BCUT2D eigenvalue weighted by Gasteiger charge is 2.44. The average molecular weight is 674 g/mol. The van der Waals surface area contributed by atoms with Gasteiger partial charge < -0.3 is 40.3 Å². The summed E-state index contributed by atoms with van der Waals surface area (Å²) >= 11 is 0. The van der Waals surface area contributed by atoms with E-state index in [1.165, 1.54) is 61.4 Å². The third-order valence-corrected chi connectivity index (χ3v) is 7.93. The fraction of sp³-hybridized carbons (Fsp3) is 0.553. The first-order chi connectivity index (χ1) is 23.4. The van der Waals surface area contributed by atoms with Gasteiger partial charge in [-0.1, -0.05) is 87.5 Å². The van der Waals surface area contributed by atoms with Crippen molar-refractivity contribution in [3.05, 3.63) is 70.8 Å². The van der Waals surface area contributed by atoms with E-state index in [-0.39, 0.29) is 13.2 Å². The highest BCUT2D eigenvalue weighted by Crippen LogP contribution is 2.28. The van der Waals surface area contributed by atoms with E-state index in [1.54, 1.807) is 13.8 Å². The Balaban J connectivity index is 0.000000470. The number of benzene rings is 2. The number of nitrogens with zero attached hydrogens (tertiary/aromatic N) is 1. The van der Waals surface area contributed by atoms with Crippen molar-refractivity contribution < 1.29 is 35.0 Å². The van der Waals surface area contributed by atoms with Crippen LogP contribution < -0.4 is 5.23 Å². The summed E-state index contributed by atoms with van der Waals surface area (Å²) < 4.78 is 5.56. The second kappa shape index (κ2) is 24.1. The quantitative estimate of drug-likeness (QED) is 0.108. The molecule has 1 aliphatic rings. The lowest BCUT2D eigenvalue weighted by atomic mass is 9.86. The number of aliphatic hydroxyl groups excluding tert-OH is 4. The van der Waals surface area contributed by atoms with Gasteiger partial charge in [-0.15, -0.1) is 0 Å². The number of carbonyl (C=O) groups is 1. The molecule has 6 N–H and O–H groups in total. The summed E-state index contributed by atoms with van der Waals surface area (Å²) in [5, 5.41) is 48.3. The Morgan fingerprint density at radius 2 is 1.41 bits per heavy atom. The number of carbonyl (C=O) groups excluding carboxylic acids is 1. The molecule has 0 spiro atoms. The van der Waals surface area contributed by atoms with Crippen molar-refractivity contribution in [2.45, 2.75) is 116 Å². The van der Waals surface area contributed by atoms with Crippen LogP contribution >= 0.6 is 0 Å². The summed E-state index contributed by atoms with van der Waals surface area (Å²) in [6.07, 6.45) is 7.41. The van der Waals surface area contributed by atoms with E-state index in [9.17, 15) is 25.1 Å². The smallest absolute Gasteiger partial charge is 0.374 e. The number of amides is 1. The van der Waals surface area contributed by atoms with Gasteiger partial charge in [-0.25, -0.2) is 0 Å². The monoisotopic (exact) mass is 674 g/mol. The molecule has 11 heteroatoms. The molecule has 0 saturated carbocycles. The number of aryl methyl sites for hydroxylation is 2. The first-order valence-corrected chi connectivity index (χ1v) is 17.2. The molecule has 3 rings (SSSR count). The predicted molar refractivity (Wildman–Crippen MR) is 198 cm³/mol. The molecule has 1 aliphatic heterocycles. The fourth-order valence-electron chi connectivity index (χ4n) is 5.23. The SMILES string of the molecule is CCCCCc1ccc(C#C[C@H](O)[C@@H](CO)NB(C)O)cc1.CO.[B]C(=O)N1[C@@H]([C@@H](O)C#Cc2ccc(CCCCC)cc2)COC1(C)C. The fourth-order valence-corrected chi connectivity index (χ4v) is 5.23. The summed E-state index contributed by atoms with van der Waals surface area (Å²) in [5.41, 5.74) is 3.42. The number of unbranched alkanes of at least 4 members (excludes halogenated alkanes) is 4. The van der Waals surface area contributed by atoms with Crippen molar-refractivity contribution in [1.82, 2.24) is 10.1 Å². The Kier molecular flexibility index (Phi) is 21.6. The number of rotatable bonds is 13. The van der Waals surface area contributed by atoms with Crippen LogP contribution in [0.4, 0.5) is 4.79 Å². The first-order valence-electron chi connectivity index (χ1n) is 17.2.